The quantitative estimate of drug-likeness (QED) is 0.700. The first-order valence-corrected chi connectivity index (χ1v) is 6.59. The minimum Gasteiger partial charge on any atom is -0.454 e. The van der Waals surface area contributed by atoms with Crippen LogP contribution in [0.15, 0.2) is 18.2 Å². The fourth-order valence-corrected chi connectivity index (χ4v) is 2.07. The molecule has 19 heavy (non-hydrogen) atoms. The maximum atomic E-state index is 5.79. The SMILES string of the molecule is CC(C)(CNCC(N)CN)c1ccc2c(c1)OCO2. The van der Waals surface area contributed by atoms with Crippen molar-refractivity contribution in [3.05, 3.63) is 23.8 Å². The molecule has 0 spiro atoms. The van der Waals surface area contributed by atoms with E-state index in [0.29, 0.717) is 13.3 Å². The Hall–Kier alpha value is -1.30. The molecular formula is C14H23N3O2. The zero-order chi connectivity index (χ0) is 13.9. The van der Waals surface area contributed by atoms with Crippen LogP contribution >= 0.6 is 0 Å². The number of hydrogen-bond donors (Lipinski definition) is 3. The van der Waals surface area contributed by atoms with Crippen LogP contribution in [-0.4, -0.2) is 32.5 Å². The summed E-state index contributed by atoms with van der Waals surface area (Å²) < 4.78 is 10.7. The van der Waals surface area contributed by atoms with E-state index in [0.717, 1.165) is 24.6 Å². The van der Waals surface area contributed by atoms with Gasteiger partial charge in [0.1, 0.15) is 0 Å². The molecule has 0 saturated heterocycles. The van der Waals surface area contributed by atoms with Crippen molar-refractivity contribution in [1.29, 1.82) is 0 Å². The Balaban J connectivity index is 1.98. The van der Waals surface area contributed by atoms with Crippen molar-refractivity contribution >= 4 is 0 Å². The zero-order valence-electron chi connectivity index (χ0n) is 11.6. The Kier molecular flexibility index (Phi) is 4.29. The maximum Gasteiger partial charge on any atom is 0.231 e. The van der Waals surface area contributed by atoms with E-state index in [9.17, 15) is 0 Å². The molecular weight excluding hydrogens is 242 g/mol. The van der Waals surface area contributed by atoms with Crippen LogP contribution in [0.4, 0.5) is 0 Å². The van der Waals surface area contributed by atoms with Crippen LogP contribution in [0.2, 0.25) is 0 Å². The van der Waals surface area contributed by atoms with Gasteiger partial charge in [-0.15, -0.1) is 0 Å². The molecule has 5 nitrogen and oxygen atoms in total. The Labute approximate surface area is 114 Å². The number of hydrogen-bond acceptors (Lipinski definition) is 5. The first-order valence-electron chi connectivity index (χ1n) is 6.59. The number of ether oxygens (including phenoxy) is 2. The van der Waals surface area contributed by atoms with E-state index >= 15 is 0 Å². The molecule has 0 amide bonds. The van der Waals surface area contributed by atoms with Crippen LogP contribution in [-0.2, 0) is 5.41 Å². The Bertz CT molecular complexity index is 435. The maximum absolute atomic E-state index is 5.79. The van der Waals surface area contributed by atoms with Crippen molar-refractivity contribution in [3.8, 4) is 11.5 Å². The van der Waals surface area contributed by atoms with Gasteiger partial charge < -0.3 is 26.3 Å². The molecule has 1 aliphatic rings. The lowest BCUT2D eigenvalue weighted by Crippen LogP contribution is -2.43. The standard InChI is InChI=1S/C14H23N3O2/c1-14(2,8-17-7-11(16)6-15)10-3-4-12-13(5-10)19-9-18-12/h3-5,11,17H,6-9,15-16H2,1-2H3. The third kappa shape index (κ3) is 3.37. The fourth-order valence-electron chi connectivity index (χ4n) is 2.07. The second-order valence-electron chi connectivity index (χ2n) is 5.58. The molecule has 106 valence electrons. The summed E-state index contributed by atoms with van der Waals surface area (Å²) in [5, 5.41) is 3.37. The van der Waals surface area contributed by atoms with Gasteiger partial charge in [0.15, 0.2) is 11.5 Å². The Morgan fingerprint density at radius 3 is 2.79 bits per heavy atom. The fraction of sp³-hybridized carbons (Fsp3) is 0.571. The summed E-state index contributed by atoms with van der Waals surface area (Å²) in [7, 11) is 0. The van der Waals surface area contributed by atoms with E-state index in [-0.39, 0.29) is 11.5 Å². The second kappa shape index (κ2) is 5.77. The van der Waals surface area contributed by atoms with Crippen molar-refractivity contribution in [1.82, 2.24) is 5.32 Å². The number of nitrogens with one attached hydrogen (secondary N) is 1. The van der Waals surface area contributed by atoms with Gasteiger partial charge in [-0.05, 0) is 17.7 Å². The van der Waals surface area contributed by atoms with Crippen LogP contribution in [0.25, 0.3) is 0 Å². The number of fused-ring (bicyclic) bond motifs is 1. The number of nitrogens with two attached hydrogens (primary N) is 2. The molecule has 1 unspecified atom stereocenters. The topological polar surface area (TPSA) is 82.5 Å². The van der Waals surface area contributed by atoms with Gasteiger partial charge in [0.2, 0.25) is 6.79 Å². The van der Waals surface area contributed by atoms with E-state index in [1.807, 2.05) is 12.1 Å². The molecule has 0 fully saturated rings. The predicted molar refractivity (Wildman–Crippen MR) is 75.5 cm³/mol. The summed E-state index contributed by atoms with van der Waals surface area (Å²) in [6.07, 6.45) is 0. The van der Waals surface area contributed by atoms with Crippen molar-refractivity contribution in [3.63, 3.8) is 0 Å². The third-order valence-electron chi connectivity index (χ3n) is 3.43. The van der Waals surface area contributed by atoms with Gasteiger partial charge >= 0.3 is 0 Å². The monoisotopic (exact) mass is 265 g/mol. The first kappa shape index (κ1) is 14.1. The minimum atomic E-state index is -0.00466. The van der Waals surface area contributed by atoms with Crippen molar-refractivity contribution in [2.75, 3.05) is 26.4 Å². The van der Waals surface area contributed by atoms with Gasteiger partial charge in [-0.2, -0.15) is 0 Å². The van der Waals surface area contributed by atoms with Crippen molar-refractivity contribution < 1.29 is 9.47 Å². The molecule has 1 aliphatic heterocycles. The van der Waals surface area contributed by atoms with Gasteiger partial charge in [-0.25, -0.2) is 0 Å². The molecule has 0 radical (unpaired) electrons. The molecule has 0 bridgehead atoms. The second-order valence-corrected chi connectivity index (χ2v) is 5.58. The summed E-state index contributed by atoms with van der Waals surface area (Å²) in [5.41, 5.74) is 12.5. The van der Waals surface area contributed by atoms with E-state index in [2.05, 4.69) is 25.2 Å². The molecule has 1 heterocycles. The van der Waals surface area contributed by atoms with Gasteiger partial charge in [-0.1, -0.05) is 19.9 Å². The number of benzene rings is 1. The molecule has 5 heteroatoms. The van der Waals surface area contributed by atoms with Gasteiger partial charge in [0.05, 0.1) is 0 Å². The Morgan fingerprint density at radius 1 is 1.32 bits per heavy atom. The normalized spacial score (nSPS) is 15.6. The lowest BCUT2D eigenvalue weighted by Gasteiger charge is -2.26. The lowest BCUT2D eigenvalue weighted by molar-refractivity contribution is 0.174. The summed E-state index contributed by atoms with van der Waals surface area (Å²) >= 11 is 0. The average Bonchev–Trinajstić information content (AvgIpc) is 2.85. The highest BCUT2D eigenvalue weighted by Gasteiger charge is 2.23. The van der Waals surface area contributed by atoms with Gasteiger partial charge in [0, 0.05) is 31.1 Å². The molecule has 0 aromatic heterocycles. The summed E-state index contributed by atoms with van der Waals surface area (Å²) in [6, 6.07) is 6.10. The predicted octanol–water partition coefficient (Wildman–Crippen LogP) is 0.569. The zero-order valence-corrected chi connectivity index (χ0v) is 11.6. The highest BCUT2D eigenvalue weighted by atomic mass is 16.7. The van der Waals surface area contributed by atoms with Crippen molar-refractivity contribution in [2.45, 2.75) is 25.3 Å². The summed E-state index contributed by atoms with van der Waals surface area (Å²) in [6.45, 7) is 6.74. The average molecular weight is 265 g/mol. The van der Waals surface area contributed by atoms with Gasteiger partial charge in [0.25, 0.3) is 0 Å². The molecule has 1 aromatic carbocycles. The Morgan fingerprint density at radius 2 is 2.05 bits per heavy atom. The van der Waals surface area contributed by atoms with E-state index in [4.69, 9.17) is 20.9 Å². The number of rotatable bonds is 6. The summed E-state index contributed by atoms with van der Waals surface area (Å²) in [4.78, 5) is 0. The molecule has 0 saturated carbocycles. The molecule has 5 N–H and O–H groups in total. The van der Waals surface area contributed by atoms with Crippen LogP contribution < -0.4 is 26.3 Å². The van der Waals surface area contributed by atoms with E-state index in [1.54, 1.807) is 0 Å². The highest BCUT2D eigenvalue weighted by Crippen LogP contribution is 2.36. The highest BCUT2D eigenvalue weighted by molar-refractivity contribution is 5.46. The first-order chi connectivity index (χ1) is 9.03. The molecule has 1 atom stereocenters. The van der Waals surface area contributed by atoms with Crippen LogP contribution in [0.3, 0.4) is 0 Å². The molecule has 2 rings (SSSR count). The van der Waals surface area contributed by atoms with Crippen LogP contribution in [0.5, 0.6) is 11.5 Å². The lowest BCUT2D eigenvalue weighted by atomic mass is 9.84. The van der Waals surface area contributed by atoms with Crippen LogP contribution in [0.1, 0.15) is 19.4 Å². The summed E-state index contributed by atoms with van der Waals surface area (Å²) in [5.74, 6) is 1.64. The largest absolute Gasteiger partial charge is 0.454 e. The minimum absolute atomic E-state index is 0.00466. The van der Waals surface area contributed by atoms with E-state index in [1.165, 1.54) is 5.56 Å². The van der Waals surface area contributed by atoms with Crippen molar-refractivity contribution in [2.24, 2.45) is 11.5 Å². The molecule has 1 aromatic rings. The third-order valence-corrected chi connectivity index (χ3v) is 3.43. The van der Waals surface area contributed by atoms with Gasteiger partial charge in [-0.3, -0.25) is 0 Å². The molecule has 0 aliphatic carbocycles. The smallest absolute Gasteiger partial charge is 0.231 e. The van der Waals surface area contributed by atoms with Crippen LogP contribution in [0, 0.1) is 0 Å². The van der Waals surface area contributed by atoms with E-state index < -0.39 is 0 Å².